The second-order valence-corrected chi connectivity index (χ2v) is 9.43. The zero-order valence-electron chi connectivity index (χ0n) is 20.5. The van der Waals surface area contributed by atoms with Crippen molar-refractivity contribution in [3.63, 3.8) is 0 Å². The number of likely N-dealkylation sites (tertiary alicyclic amines) is 1. The summed E-state index contributed by atoms with van der Waals surface area (Å²) in [5.74, 6) is 0.620. The SMILES string of the molecule is CCCC(C)Oc1cccc(C2c3cc4c(cc3OC(N3CCCC3)C2C(=O)OC)OCO4)c1O. The zero-order valence-corrected chi connectivity index (χ0v) is 20.5. The van der Waals surface area contributed by atoms with Gasteiger partial charge in [0.1, 0.15) is 11.7 Å². The lowest BCUT2D eigenvalue weighted by Gasteiger charge is -2.42. The lowest BCUT2D eigenvalue weighted by molar-refractivity contribution is -0.155. The molecular weight excluding hydrogens is 450 g/mol. The molecule has 188 valence electrons. The van der Waals surface area contributed by atoms with E-state index in [9.17, 15) is 9.90 Å². The maximum Gasteiger partial charge on any atom is 0.314 e. The lowest BCUT2D eigenvalue weighted by atomic mass is 9.76. The van der Waals surface area contributed by atoms with Crippen LogP contribution in [0.1, 0.15) is 56.6 Å². The summed E-state index contributed by atoms with van der Waals surface area (Å²) in [6, 6.07) is 9.13. The number of carbonyl (C=O) groups excluding carboxylic acids is 1. The Morgan fingerprint density at radius 3 is 2.60 bits per heavy atom. The molecule has 3 heterocycles. The Balaban J connectivity index is 1.65. The van der Waals surface area contributed by atoms with Gasteiger partial charge in [-0.25, -0.2) is 0 Å². The summed E-state index contributed by atoms with van der Waals surface area (Å²) in [7, 11) is 1.39. The summed E-state index contributed by atoms with van der Waals surface area (Å²) in [6.45, 7) is 5.87. The molecule has 1 fully saturated rings. The average Bonchev–Trinajstić information content (AvgIpc) is 3.55. The highest BCUT2D eigenvalue weighted by Crippen LogP contribution is 2.52. The number of benzene rings is 2. The minimum atomic E-state index is -0.694. The quantitative estimate of drug-likeness (QED) is 0.579. The van der Waals surface area contributed by atoms with Gasteiger partial charge in [-0.05, 0) is 38.3 Å². The molecule has 0 radical (unpaired) electrons. The molecule has 4 atom stereocenters. The molecule has 35 heavy (non-hydrogen) atoms. The second-order valence-electron chi connectivity index (χ2n) is 9.43. The standard InChI is InChI=1S/C27H33NO7/c1-4-8-16(2)34-19-10-7-9-17(25(19)29)23-18-13-21-22(33-15-32-21)14-20(18)35-26(24(23)27(30)31-3)28-11-5-6-12-28/h7,9-10,13-14,16,23-24,26,29H,4-6,8,11-12,15H2,1-3H3. The normalized spacial score (nSPS) is 23.9. The van der Waals surface area contributed by atoms with Crippen molar-refractivity contribution in [2.75, 3.05) is 27.0 Å². The van der Waals surface area contributed by atoms with Gasteiger partial charge in [-0.2, -0.15) is 0 Å². The van der Waals surface area contributed by atoms with E-state index in [0.29, 0.717) is 28.6 Å². The molecule has 1 N–H and O–H groups in total. The van der Waals surface area contributed by atoms with Crippen LogP contribution in [0.5, 0.6) is 28.7 Å². The number of nitrogens with zero attached hydrogens (tertiary/aromatic N) is 1. The number of phenols is 1. The molecule has 8 heteroatoms. The van der Waals surface area contributed by atoms with Gasteiger partial charge in [-0.1, -0.05) is 25.5 Å². The average molecular weight is 484 g/mol. The molecule has 0 bridgehead atoms. The Kier molecular flexibility index (Phi) is 6.65. The van der Waals surface area contributed by atoms with E-state index in [0.717, 1.165) is 44.3 Å². The van der Waals surface area contributed by atoms with Crippen molar-refractivity contribution in [1.82, 2.24) is 4.90 Å². The number of para-hydroxylation sites is 1. The van der Waals surface area contributed by atoms with Gasteiger partial charge in [0.05, 0.1) is 13.2 Å². The van der Waals surface area contributed by atoms with Crippen molar-refractivity contribution >= 4 is 5.97 Å². The number of carbonyl (C=O) groups is 1. The highest BCUT2D eigenvalue weighted by atomic mass is 16.7. The smallest absolute Gasteiger partial charge is 0.314 e. The number of ether oxygens (including phenoxy) is 5. The first kappa shape index (κ1) is 23.6. The Morgan fingerprint density at radius 2 is 1.89 bits per heavy atom. The molecule has 4 unspecified atom stereocenters. The molecule has 2 aromatic carbocycles. The van der Waals surface area contributed by atoms with E-state index in [4.69, 9.17) is 23.7 Å². The van der Waals surface area contributed by atoms with Gasteiger partial charge in [0.25, 0.3) is 0 Å². The Hall–Kier alpha value is -3.13. The van der Waals surface area contributed by atoms with Gasteiger partial charge >= 0.3 is 5.97 Å². The van der Waals surface area contributed by atoms with E-state index in [-0.39, 0.29) is 24.6 Å². The summed E-state index contributed by atoms with van der Waals surface area (Å²) < 4.78 is 29.1. The first-order valence-electron chi connectivity index (χ1n) is 12.4. The monoisotopic (exact) mass is 483 g/mol. The third-order valence-corrected chi connectivity index (χ3v) is 7.12. The van der Waals surface area contributed by atoms with Crippen molar-refractivity contribution in [3.05, 3.63) is 41.5 Å². The van der Waals surface area contributed by atoms with E-state index >= 15 is 0 Å². The molecule has 0 aromatic heterocycles. The van der Waals surface area contributed by atoms with Crippen molar-refractivity contribution in [3.8, 4) is 28.7 Å². The molecule has 0 amide bonds. The van der Waals surface area contributed by atoms with Gasteiger partial charge in [0.2, 0.25) is 6.79 Å². The van der Waals surface area contributed by atoms with E-state index in [2.05, 4.69) is 11.8 Å². The van der Waals surface area contributed by atoms with Crippen LogP contribution in [0.15, 0.2) is 30.3 Å². The van der Waals surface area contributed by atoms with Gasteiger partial charge in [0.15, 0.2) is 29.2 Å². The molecule has 8 nitrogen and oxygen atoms in total. The third-order valence-electron chi connectivity index (χ3n) is 7.12. The molecule has 3 aliphatic heterocycles. The predicted octanol–water partition coefficient (Wildman–Crippen LogP) is 4.42. The number of hydrogen-bond acceptors (Lipinski definition) is 8. The Morgan fingerprint density at radius 1 is 1.14 bits per heavy atom. The van der Waals surface area contributed by atoms with Gasteiger partial charge in [0, 0.05) is 36.2 Å². The molecular formula is C27H33NO7. The van der Waals surface area contributed by atoms with Crippen LogP contribution >= 0.6 is 0 Å². The molecule has 0 saturated carbocycles. The summed E-state index contributed by atoms with van der Waals surface area (Å²) in [5, 5.41) is 11.4. The first-order valence-corrected chi connectivity index (χ1v) is 12.4. The van der Waals surface area contributed by atoms with Crippen LogP contribution in [-0.2, 0) is 9.53 Å². The number of methoxy groups -OCH3 is 1. The highest BCUT2D eigenvalue weighted by molar-refractivity contribution is 5.77. The van der Waals surface area contributed by atoms with Crippen LogP contribution < -0.4 is 18.9 Å². The highest BCUT2D eigenvalue weighted by Gasteiger charge is 2.49. The van der Waals surface area contributed by atoms with Crippen LogP contribution in [0.4, 0.5) is 0 Å². The number of rotatable bonds is 7. The summed E-state index contributed by atoms with van der Waals surface area (Å²) in [4.78, 5) is 15.5. The van der Waals surface area contributed by atoms with Crippen LogP contribution in [0.2, 0.25) is 0 Å². The maximum absolute atomic E-state index is 13.3. The van der Waals surface area contributed by atoms with Crippen molar-refractivity contribution < 1.29 is 33.6 Å². The Labute approximate surface area is 205 Å². The molecule has 3 aliphatic rings. The fourth-order valence-corrected chi connectivity index (χ4v) is 5.46. The third kappa shape index (κ3) is 4.35. The van der Waals surface area contributed by atoms with Crippen LogP contribution in [0.25, 0.3) is 0 Å². The van der Waals surface area contributed by atoms with Crippen molar-refractivity contribution in [2.45, 2.75) is 57.8 Å². The number of phenolic OH excluding ortho intramolecular Hbond substituents is 1. The van der Waals surface area contributed by atoms with Crippen LogP contribution in [0.3, 0.4) is 0 Å². The van der Waals surface area contributed by atoms with Crippen LogP contribution in [-0.4, -0.2) is 55.3 Å². The minimum absolute atomic E-state index is 0.0278. The number of esters is 1. The molecule has 0 spiro atoms. The number of fused-ring (bicyclic) bond motifs is 2. The van der Waals surface area contributed by atoms with E-state index < -0.39 is 18.1 Å². The van der Waals surface area contributed by atoms with E-state index in [1.54, 1.807) is 6.07 Å². The molecule has 5 rings (SSSR count). The fraction of sp³-hybridized carbons (Fsp3) is 0.519. The largest absolute Gasteiger partial charge is 0.504 e. The van der Waals surface area contributed by atoms with Crippen molar-refractivity contribution in [1.29, 1.82) is 0 Å². The van der Waals surface area contributed by atoms with Crippen LogP contribution in [0, 0.1) is 5.92 Å². The Bertz CT molecular complexity index is 1080. The molecule has 0 aliphatic carbocycles. The molecule has 1 saturated heterocycles. The van der Waals surface area contributed by atoms with E-state index in [1.807, 2.05) is 31.2 Å². The summed E-state index contributed by atoms with van der Waals surface area (Å²) in [5.41, 5.74) is 1.34. The minimum Gasteiger partial charge on any atom is -0.504 e. The first-order chi connectivity index (χ1) is 17.0. The number of aromatic hydroxyl groups is 1. The predicted molar refractivity (Wildman–Crippen MR) is 128 cm³/mol. The van der Waals surface area contributed by atoms with Gasteiger partial charge in [-0.15, -0.1) is 0 Å². The molecule has 2 aromatic rings. The summed E-state index contributed by atoms with van der Waals surface area (Å²) in [6.07, 6.45) is 3.34. The van der Waals surface area contributed by atoms with E-state index in [1.165, 1.54) is 7.11 Å². The second kappa shape index (κ2) is 9.85. The maximum atomic E-state index is 13.3. The topological polar surface area (TPSA) is 86.7 Å². The zero-order chi connectivity index (χ0) is 24.5. The summed E-state index contributed by atoms with van der Waals surface area (Å²) >= 11 is 0. The van der Waals surface area contributed by atoms with Gasteiger partial charge in [-0.3, -0.25) is 9.69 Å². The van der Waals surface area contributed by atoms with Gasteiger partial charge < -0.3 is 28.8 Å². The number of hydrogen-bond donors (Lipinski definition) is 1. The van der Waals surface area contributed by atoms with Crippen molar-refractivity contribution in [2.24, 2.45) is 5.92 Å². The lowest BCUT2D eigenvalue weighted by Crippen LogP contribution is -2.51. The fourth-order valence-electron chi connectivity index (χ4n) is 5.46.